The van der Waals surface area contributed by atoms with Gasteiger partial charge in [-0.3, -0.25) is 19.8 Å². The maximum absolute atomic E-state index is 12.4. The smallest absolute Gasteiger partial charge is 0.329 e. The van der Waals surface area contributed by atoms with E-state index in [2.05, 4.69) is 16.7 Å². The maximum atomic E-state index is 12.4. The first-order valence-electron chi connectivity index (χ1n) is 8.81. The number of carbonyl (C=O) groups excluding carboxylic acids is 3. The Morgan fingerprint density at radius 1 is 1.15 bits per heavy atom. The lowest BCUT2D eigenvalue weighted by Gasteiger charge is -2.26. The van der Waals surface area contributed by atoms with Crippen LogP contribution in [0.5, 0.6) is 0 Å². The van der Waals surface area contributed by atoms with Gasteiger partial charge in [-0.15, -0.1) is 0 Å². The van der Waals surface area contributed by atoms with Crippen LogP contribution in [0.3, 0.4) is 0 Å². The summed E-state index contributed by atoms with van der Waals surface area (Å²) in [4.78, 5) is 36.7. The van der Waals surface area contributed by atoms with Crippen molar-refractivity contribution in [1.29, 1.82) is 0 Å². The normalized spacial score (nSPS) is 18.8. The molecule has 7 heteroatoms. The molecule has 2 aromatic carbocycles. The Balaban J connectivity index is 1.39. The summed E-state index contributed by atoms with van der Waals surface area (Å²) >= 11 is 0. The number of imide groups is 1. The second-order valence-electron chi connectivity index (χ2n) is 6.50. The number of hydrogen-bond donors (Lipinski definition) is 2. The fraction of sp³-hybridized carbons (Fsp3) is 0.250. The average Bonchev–Trinajstić information content (AvgIpc) is 3.04. The van der Waals surface area contributed by atoms with Gasteiger partial charge in [-0.05, 0) is 41.8 Å². The molecule has 1 saturated heterocycles. The molecule has 0 unspecified atom stereocenters. The summed E-state index contributed by atoms with van der Waals surface area (Å²) in [6.45, 7) is 1.02. The van der Waals surface area contributed by atoms with Gasteiger partial charge in [0.15, 0.2) is 0 Å². The minimum absolute atomic E-state index is 0.0111. The minimum atomic E-state index is -0.453. The van der Waals surface area contributed by atoms with Crippen LogP contribution in [0, 0.1) is 0 Å². The van der Waals surface area contributed by atoms with E-state index >= 15 is 0 Å². The van der Waals surface area contributed by atoms with Crippen LogP contribution in [0.1, 0.15) is 27.6 Å². The first-order valence-corrected chi connectivity index (χ1v) is 8.81. The highest BCUT2D eigenvalue weighted by Crippen LogP contribution is 2.26. The zero-order chi connectivity index (χ0) is 18.8. The predicted molar refractivity (Wildman–Crippen MR) is 98.5 cm³/mol. The van der Waals surface area contributed by atoms with Crippen LogP contribution in [-0.4, -0.2) is 37.5 Å². The van der Waals surface area contributed by atoms with E-state index in [1.165, 1.54) is 10.5 Å². The van der Waals surface area contributed by atoms with Crippen molar-refractivity contribution in [3.8, 4) is 0 Å². The number of urea groups is 1. The number of rotatable bonds is 4. The first kappa shape index (κ1) is 17.2. The van der Waals surface area contributed by atoms with Crippen LogP contribution < -0.4 is 15.5 Å². The molecule has 0 aromatic heterocycles. The molecule has 2 heterocycles. The Kier molecular flexibility index (Phi) is 4.60. The van der Waals surface area contributed by atoms with Gasteiger partial charge in [0.25, 0.3) is 5.91 Å². The lowest BCUT2D eigenvalue weighted by atomic mass is 9.97. The Morgan fingerprint density at radius 3 is 2.67 bits per heavy atom. The van der Waals surface area contributed by atoms with Gasteiger partial charge >= 0.3 is 6.03 Å². The maximum Gasteiger partial charge on any atom is 0.329 e. The van der Waals surface area contributed by atoms with E-state index in [0.717, 1.165) is 12.0 Å². The highest BCUT2D eigenvalue weighted by atomic mass is 16.5. The monoisotopic (exact) mass is 365 g/mol. The zero-order valence-corrected chi connectivity index (χ0v) is 14.6. The summed E-state index contributed by atoms with van der Waals surface area (Å²) in [7, 11) is 0. The van der Waals surface area contributed by atoms with Gasteiger partial charge in [-0.2, -0.15) is 0 Å². The van der Waals surface area contributed by atoms with E-state index in [-0.39, 0.29) is 24.5 Å². The molecule has 0 aliphatic carbocycles. The number of amides is 4. The molecule has 7 nitrogen and oxygen atoms in total. The van der Waals surface area contributed by atoms with Gasteiger partial charge in [0, 0.05) is 17.8 Å². The summed E-state index contributed by atoms with van der Waals surface area (Å²) in [5.41, 5.74) is 3.42. The first-order chi connectivity index (χ1) is 13.1. The second-order valence-corrected chi connectivity index (χ2v) is 6.50. The SMILES string of the molecule is O=C1CN(c2ccc(C(=O)NC[C@@H]3OCCc4ccccc43)cc2)C(=O)N1. The van der Waals surface area contributed by atoms with E-state index in [1.54, 1.807) is 24.3 Å². The number of nitrogens with zero attached hydrogens (tertiary/aromatic N) is 1. The van der Waals surface area contributed by atoms with Crippen molar-refractivity contribution in [3.05, 3.63) is 65.2 Å². The van der Waals surface area contributed by atoms with Crippen molar-refractivity contribution >= 4 is 23.5 Å². The van der Waals surface area contributed by atoms with Crippen molar-refractivity contribution in [3.63, 3.8) is 0 Å². The van der Waals surface area contributed by atoms with Crippen molar-refractivity contribution < 1.29 is 19.1 Å². The standard InChI is InChI=1S/C20H19N3O4/c24-18-12-23(20(26)22-18)15-7-5-14(6-8-15)19(25)21-11-17-16-4-2-1-3-13(16)9-10-27-17/h1-8,17H,9-12H2,(H,21,25)(H,22,24,26)/t17-/m0/s1. The van der Waals surface area contributed by atoms with Crippen LogP contribution in [-0.2, 0) is 16.0 Å². The van der Waals surface area contributed by atoms with Gasteiger partial charge in [0.2, 0.25) is 5.91 Å². The minimum Gasteiger partial charge on any atom is -0.371 e. The van der Waals surface area contributed by atoms with Gasteiger partial charge in [0.1, 0.15) is 12.6 Å². The average molecular weight is 365 g/mol. The largest absolute Gasteiger partial charge is 0.371 e. The number of nitrogens with one attached hydrogen (secondary N) is 2. The molecule has 0 radical (unpaired) electrons. The number of benzene rings is 2. The topological polar surface area (TPSA) is 87.7 Å². The second kappa shape index (κ2) is 7.20. The summed E-state index contributed by atoms with van der Waals surface area (Å²) in [6.07, 6.45) is 0.728. The third kappa shape index (κ3) is 3.54. The molecule has 2 N–H and O–H groups in total. The van der Waals surface area contributed by atoms with E-state index < -0.39 is 6.03 Å². The van der Waals surface area contributed by atoms with E-state index in [0.29, 0.717) is 24.4 Å². The van der Waals surface area contributed by atoms with Crippen LogP contribution in [0.15, 0.2) is 48.5 Å². The molecule has 138 valence electrons. The Labute approximate surface area is 156 Å². The van der Waals surface area contributed by atoms with Gasteiger partial charge in [0.05, 0.1) is 6.61 Å². The molecule has 0 saturated carbocycles. The summed E-state index contributed by atoms with van der Waals surface area (Å²) in [5, 5.41) is 5.13. The lowest BCUT2D eigenvalue weighted by Crippen LogP contribution is -2.32. The zero-order valence-electron chi connectivity index (χ0n) is 14.6. The van der Waals surface area contributed by atoms with E-state index in [9.17, 15) is 14.4 Å². The van der Waals surface area contributed by atoms with Crippen LogP contribution >= 0.6 is 0 Å². The van der Waals surface area contributed by atoms with Crippen molar-refractivity contribution in [2.75, 3.05) is 24.6 Å². The molecule has 4 amide bonds. The van der Waals surface area contributed by atoms with Crippen molar-refractivity contribution in [2.24, 2.45) is 0 Å². The highest BCUT2D eigenvalue weighted by molar-refractivity contribution is 6.12. The van der Waals surface area contributed by atoms with Crippen LogP contribution in [0.4, 0.5) is 10.5 Å². The molecule has 2 aromatic rings. The van der Waals surface area contributed by atoms with Gasteiger partial charge in [-0.25, -0.2) is 4.79 Å². The molecule has 1 atom stereocenters. The Bertz CT molecular complexity index is 894. The fourth-order valence-corrected chi connectivity index (χ4v) is 3.38. The molecule has 2 aliphatic heterocycles. The number of fused-ring (bicyclic) bond motifs is 1. The highest BCUT2D eigenvalue weighted by Gasteiger charge is 2.28. The molecular formula is C20H19N3O4. The quantitative estimate of drug-likeness (QED) is 0.809. The van der Waals surface area contributed by atoms with Crippen LogP contribution in [0.25, 0.3) is 0 Å². The number of ether oxygens (including phenoxy) is 1. The Hall–Kier alpha value is -3.19. The summed E-state index contributed by atoms with van der Waals surface area (Å²) < 4.78 is 5.80. The molecular weight excluding hydrogens is 346 g/mol. The molecule has 2 aliphatic rings. The summed E-state index contributed by atoms with van der Waals surface area (Å²) in [5.74, 6) is -0.551. The third-order valence-corrected chi connectivity index (χ3v) is 4.77. The molecule has 0 spiro atoms. The number of hydrogen-bond acceptors (Lipinski definition) is 4. The molecule has 0 bridgehead atoms. The molecule has 27 heavy (non-hydrogen) atoms. The fourth-order valence-electron chi connectivity index (χ4n) is 3.38. The van der Waals surface area contributed by atoms with Crippen LogP contribution in [0.2, 0.25) is 0 Å². The third-order valence-electron chi connectivity index (χ3n) is 4.77. The van der Waals surface area contributed by atoms with Gasteiger partial charge in [-0.1, -0.05) is 24.3 Å². The lowest BCUT2D eigenvalue weighted by molar-refractivity contribution is -0.117. The predicted octanol–water partition coefficient (Wildman–Crippen LogP) is 1.79. The Morgan fingerprint density at radius 2 is 1.93 bits per heavy atom. The van der Waals surface area contributed by atoms with E-state index in [1.807, 2.05) is 18.2 Å². The molecule has 1 fully saturated rings. The number of anilines is 1. The van der Waals surface area contributed by atoms with Crippen molar-refractivity contribution in [2.45, 2.75) is 12.5 Å². The molecule has 4 rings (SSSR count). The van der Waals surface area contributed by atoms with Crippen molar-refractivity contribution in [1.82, 2.24) is 10.6 Å². The van der Waals surface area contributed by atoms with E-state index in [4.69, 9.17) is 4.74 Å². The van der Waals surface area contributed by atoms with Gasteiger partial charge < -0.3 is 10.1 Å². The summed E-state index contributed by atoms with van der Waals surface area (Å²) in [6, 6.07) is 14.2. The number of carbonyl (C=O) groups is 3.